The second kappa shape index (κ2) is 9.04. The Hall–Kier alpha value is -3.49. The molecule has 0 saturated heterocycles. The fraction of sp³-hybridized carbons (Fsp3) is 0.286. The first-order valence-corrected chi connectivity index (χ1v) is 11.6. The van der Waals surface area contributed by atoms with Crippen molar-refractivity contribution in [3.05, 3.63) is 93.9 Å². The van der Waals surface area contributed by atoms with Crippen LogP contribution >= 0.6 is 11.6 Å². The van der Waals surface area contributed by atoms with E-state index in [9.17, 15) is 10.1 Å². The average Bonchev–Trinajstić information content (AvgIpc) is 2.79. The van der Waals surface area contributed by atoms with Crippen LogP contribution in [0.2, 0.25) is 5.02 Å². The molecule has 0 saturated carbocycles. The summed E-state index contributed by atoms with van der Waals surface area (Å²) in [5.74, 6) is 0.520. The monoisotopic (exact) mass is 473 g/mol. The molecule has 2 aromatic rings. The third kappa shape index (κ3) is 4.10. The lowest BCUT2D eigenvalue weighted by atomic mass is 9.68. The van der Waals surface area contributed by atoms with Crippen molar-refractivity contribution in [1.29, 1.82) is 5.26 Å². The van der Waals surface area contributed by atoms with Gasteiger partial charge in [-0.2, -0.15) is 5.26 Å². The van der Waals surface area contributed by atoms with Gasteiger partial charge in [0.2, 0.25) is 0 Å². The Morgan fingerprint density at radius 2 is 1.97 bits per heavy atom. The van der Waals surface area contributed by atoms with Gasteiger partial charge in [0.05, 0.1) is 23.2 Å². The number of nitrogens with zero attached hydrogens (tertiary/aromatic N) is 2. The fourth-order valence-corrected chi connectivity index (χ4v) is 5.04. The van der Waals surface area contributed by atoms with E-state index in [0.29, 0.717) is 47.2 Å². The fourth-order valence-electron chi connectivity index (χ4n) is 4.87. The smallest absolute Gasteiger partial charge is 0.162 e. The largest absolute Gasteiger partial charge is 0.490 e. The van der Waals surface area contributed by atoms with Crippen LogP contribution < -0.4 is 15.4 Å². The Morgan fingerprint density at radius 3 is 2.62 bits per heavy atom. The van der Waals surface area contributed by atoms with Crippen LogP contribution in [0.25, 0.3) is 0 Å². The minimum absolute atomic E-state index is 0.0353. The minimum atomic E-state index is -0.534. The maximum absolute atomic E-state index is 13.6. The van der Waals surface area contributed by atoms with Crippen LogP contribution in [0.15, 0.2) is 77.8 Å². The Morgan fingerprint density at radius 1 is 1.26 bits per heavy atom. The van der Waals surface area contributed by atoms with Gasteiger partial charge in [0.25, 0.3) is 0 Å². The van der Waals surface area contributed by atoms with Gasteiger partial charge in [-0.1, -0.05) is 56.3 Å². The van der Waals surface area contributed by atoms with E-state index >= 15 is 0 Å². The normalized spacial score (nSPS) is 19.6. The number of rotatable bonds is 5. The van der Waals surface area contributed by atoms with E-state index in [-0.39, 0.29) is 11.2 Å². The van der Waals surface area contributed by atoms with Gasteiger partial charge in [-0.05, 0) is 54.2 Å². The van der Waals surface area contributed by atoms with Gasteiger partial charge in [-0.25, -0.2) is 0 Å². The molecule has 0 radical (unpaired) electrons. The lowest BCUT2D eigenvalue weighted by Gasteiger charge is -2.44. The predicted molar refractivity (Wildman–Crippen MR) is 135 cm³/mol. The van der Waals surface area contributed by atoms with Crippen molar-refractivity contribution in [1.82, 2.24) is 0 Å². The minimum Gasteiger partial charge on any atom is -0.490 e. The van der Waals surface area contributed by atoms with Crippen molar-refractivity contribution >= 4 is 23.1 Å². The summed E-state index contributed by atoms with van der Waals surface area (Å²) >= 11 is 6.44. The summed E-state index contributed by atoms with van der Waals surface area (Å²) in [5.41, 5.74) is 10.7. The number of nitrogens with two attached hydrogens (primary N) is 1. The molecular formula is C28H28ClN3O2. The van der Waals surface area contributed by atoms with E-state index in [1.165, 1.54) is 0 Å². The topological polar surface area (TPSA) is 79.3 Å². The number of halogens is 1. The number of benzene rings is 2. The summed E-state index contributed by atoms with van der Waals surface area (Å²) < 4.78 is 5.61. The lowest BCUT2D eigenvalue weighted by molar-refractivity contribution is -0.118. The van der Waals surface area contributed by atoms with Crippen LogP contribution in [-0.2, 0) is 4.79 Å². The average molecular weight is 474 g/mol. The van der Waals surface area contributed by atoms with Crippen LogP contribution in [0.1, 0.15) is 43.7 Å². The SMILES string of the molecule is C=CCOc1ccc([C@@H]2C(C#N)=C(N)N(c3cccc(Cl)c3C)C3=C2C(=O)CC(C)(C)C3)cc1. The summed E-state index contributed by atoms with van der Waals surface area (Å²) in [6, 6.07) is 15.4. The zero-order valence-corrected chi connectivity index (χ0v) is 20.4. The van der Waals surface area contributed by atoms with Crippen LogP contribution in [-0.4, -0.2) is 12.4 Å². The predicted octanol–water partition coefficient (Wildman–Crippen LogP) is 6.15. The van der Waals surface area contributed by atoms with E-state index in [0.717, 1.165) is 22.5 Å². The van der Waals surface area contributed by atoms with E-state index < -0.39 is 5.92 Å². The molecule has 1 heterocycles. The van der Waals surface area contributed by atoms with Gasteiger partial charge < -0.3 is 10.5 Å². The molecule has 34 heavy (non-hydrogen) atoms. The van der Waals surface area contributed by atoms with Crippen molar-refractivity contribution in [2.45, 2.75) is 39.5 Å². The number of carbonyl (C=O) groups excluding carboxylic acids is 1. The zero-order chi connectivity index (χ0) is 24.6. The Bertz CT molecular complexity index is 1270. The van der Waals surface area contributed by atoms with Crippen LogP contribution in [0.4, 0.5) is 5.69 Å². The van der Waals surface area contributed by atoms with Crippen molar-refractivity contribution in [3.63, 3.8) is 0 Å². The number of hydrogen-bond acceptors (Lipinski definition) is 5. The van der Waals surface area contributed by atoms with Gasteiger partial charge in [-0.15, -0.1) is 0 Å². The summed E-state index contributed by atoms with van der Waals surface area (Å²) in [6.07, 6.45) is 2.73. The third-order valence-electron chi connectivity index (χ3n) is 6.44. The number of ketones is 1. The van der Waals surface area contributed by atoms with E-state index in [1.54, 1.807) is 6.08 Å². The standard InChI is InChI=1S/C28H28ClN3O2/c1-5-13-34-19-11-9-18(10-12-19)25-20(16-30)27(31)32(22-8-6-7-21(29)17(22)2)23-14-28(3,4)15-24(33)26(23)25/h5-12,25H,1,13-15,31H2,2-4H3/t25-/m1/s1. The van der Waals surface area contributed by atoms with Crippen LogP contribution in [0, 0.1) is 23.7 Å². The highest BCUT2D eigenvalue weighted by molar-refractivity contribution is 6.31. The quantitative estimate of drug-likeness (QED) is 0.526. The zero-order valence-electron chi connectivity index (χ0n) is 19.7. The highest BCUT2D eigenvalue weighted by Crippen LogP contribution is 2.50. The molecule has 6 heteroatoms. The molecule has 1 aliphatic carbocycles. The van der Waals surface area contributed by atoms with Crippen LogP contribution in [0.3, 0.4) is 0 Å². The number of hydrogen-bond donors (Lipinski definition) is 1. The molecule has 0 aromatic heterocycles. The van der Waals surface area contributed by atoms with Crippen molar-refractivity contribution in [2.75, 3.05) is 11.5 Å². The Kier molecular flexibility index (Phi) is 6.29. The third-order valence-corrected chi connectivity index (χ3v) is 6.85. The highest BCUT2D eigenvalue weighted by atomic mass is 35.5. The molecule has 2 aliphatic rings. The number of nitriles is 1. The molecule has 2 N–H and O–H groups in total. The second-order valence-electron chi connectivity index (χ2n) is 9.53. The summed E-state index contributed by atoms with van der Waals surface area (Å²) in [4.78, 5) is 15.5. The maximum Gasteiger partial charge on any atom is 0.162 e. The first kappa shape index (κ1) is 23.7. The van der Waals surface area contributed by atoms with Crippen molar-refractivity contribution in [3.8, 4) is 11.8 Å². The first-order chi connectivity index (χ1) is 16.2. The summed E-state index contributed by atoms with van der Waals surface area (Å²) in [6.45, 7) is 10.1. The molecule has 0 unspecified atom stereocenters. The van der Waals surface area contributed by atoms with E-state index in [4.69, 9.17) is 22.1 Å². The number of anilines is 1. The first-order valence-electron chi connectivity index (χ1n) is 11.2. The van der Waals surface area contributed by atoms with Gasteiger partial charge >= 0.3 is 0 Å². The highest BCUT2D eigenvalue weighted by Gasteiger charge is 2.44. The molecule has 1 aliphatic heterocycles. The maximum atomic E-state index is 13.6. The number of Topliss-reactive ketones (excluding diaryl/α,β-unsaturated/α-hetero) is 1. The van der Waals surface area contributed by atoms with Crippen LogP contribution in [0.5, 0.6) is 5.75 Å². The number of allylic oxidation sites excluding steroid dienone is 3. The molecule has 174 valence electrons. The molecule has 0 amide bonds. The molecule has 4 rings (SSSR count). The molecule has 0 spiro atoms. The van der Waals surface area contributed by atoms with Gasteiger partial charge in [0, 0.05) is 22.7 Å². The summed E-state index contributed by atoms with van der Waals surface area (Å²) in [7, 11) is 0. The number of ether oxygens (including phenoxy) is 1. The van der Waals surface area contributed by atoms with Gasteiger partial charge in [0.15, 0.2) is 5.78 Å². The van der Waals surface area contributed by atoms with Gasteiger partial charge in [-0.3, -0.25) is 9.69 Å². The Labute approximate surface area is 205 Å². The Balaban J connectivity index is 1.93. The molecule has 1 atom stereocenters. The number of carbonyl (C=O) groups is 1. The van der Waals surface area contributed by atoms with Crippen molar-refractivity contribution < 1.29 is 9.53 Å². The lowest BCUT2D eigenvalue weighted by Crippen LogP contribution is -2.42. The molecule has 0 bridgehead atoms. The van der Waals surface area contributed by atoms with E-state index in [2.05, 4.69) is 26.5 Å². The molecule has 5 nitrogen and oxygen atoms in total. The van der Waals surface area contributed by atoms with Gasteiger partial charge in [0.1, 0.15) is 18.2 Å². The molecule has 2 aromatic carbocycles. The second-order valence-corrected chi connectivity index (χ2v) is 9.94. The summed E-state index contributed by atoms with van der Waals surface area (Å²) in [5, 5.41) is 10.8. The van der Waals surface area contributed by atoms with Crippen molar-refractivity contribution in [2.24, 2.45) is 11.1 Å². The molecule has 0 fully saturated rings. The van der Waals surface area contributed by atoms with E-state index in [1.807, 2.05) is 54.3 Å². The molecular weight excluding hydrogens is 446 g/mol.